The van der Waals surface area contributed by atoms with Crippen LogP contribution >= 0.6 is 11.3 Å². The van der Waals surface area contributed by atoms with Crippen molar-refractivity contribution in [1.29, 1.82) is 0 Å². The number of thiazole rings is 1. The number of nitrogens with zero attached hydrogens (tertiary/aromatic N) is 6. The normalized spacial score (nSPS) is 19.9. The van der Waals surface area contributed by atoms with Gasteiger partial charge in [-0.15, -0.1) is 11.3 Å². The first kappa shape index (κ1) is 19.4. The molecule has 2 fully saturated rings. The zero-order chi connectivity index (χ0) is 19.9. The molecule has 0 saturated carbocycles. The number of hydrogen-bond donors (Lipinski definition) is 0. The summed E-state index contributed by atoms with van der Waals surface area (Å²) in [6.07, 6.45) is 1.32. The molecule has 0 aromatic carbocycles. The first-order chi connectivity index (χ1) is 13.3. The van der Waals surface area contributed by atoms with Crippen LogP contribution in [-0.2, 0) is 6.54 Å². The minimum Gasteiger partial charge on any atom is -0.356 e. The molecule has 0 N–H and O–H groups in total. The summed E-state index contributed by atoms with van der Waals surface area (Å²) in [4.78, 5) is 21.0. The van der Waals surface area contributed by atoms with Crippen LogP contribution in [0.5, 0.6) is 0 Å². The third-order valence-corrected chi connectivity index (χ3v) is 6.72. The van der Waals surface area contributed by atoms with Gasteiger partial charge in [0.2, 0.25) is 0 Å². The number of alkyl halides is 2. The summed E-state index contributed by atoms with van der Waals surface area (Å²) in [5, 5.41) is 1.11. The summed E-state index contributed by atoms with van der Waals surface area (Å²) in [7, 11) is 2.15. The smallest absolute Gasteiger partial charge is 0.251 e. The first-order valence-electron chi connectivity index (χ1n) is 9.64. The molecule has 0 bridgehead atoms. The van der Waals surface area contributed by atoms with E-state index in [1.807, 2.05) is 17.9 Å². The number of aromatic nitrogens is 3. The van der Waals surface area contributed by atoms with Crippen molar-refractivity contribution in [2.24, 2.45) is 0 Å². The van der Waals surface area contributed by atoms with Gasteiger partial charge in [0, 0.05) is 62.6 Å². The molecule has 0 amide bonds. The fourth-order valence-corrected chi connectivity index (χ4v) is 4.74. The fraction of sp³-hybridized carbons (Fsp3) is 0.632. The van der Waals surface area contributed by atoms with Gasteiger partial charge in [-0.25, -0.2) is 23.7 Å². The molecule has 2 aromatic heterocycles. The van der Waals surface area contributed by atoms with Crippen molar-refractivity contribution in [1.82, 2.24) is 19.9 Å². The molecule has 2 aliphatic rings. The summed E-state index contributed by atoms with van der Waals surface area (Å²) < 4.78 is 26.8. The number of likely N-dealkylation sites (N-methyl/N-ethyl adjacent to an activating group) is 1. The van der Waals surface area contributed by atoms with E-state index >= 15 is 0 Å². The lowest BCUT2D eigenvalue weighted by Crippen LogP contribution is -2.58. The van der Waals surface area contributed by atoms with Crippen LogP contribution in [0.25, 0.3) is 0 Å². The molecule has 0 spiro atoms. The van der Waals surface area contributed by atoms with Gasteiger partial charge in [-0.3, -0.25) is 4.90 Å². The first-order valence-corrected chi connectivity index (χ1v) is 10.5. The van der Waals surface area contributed by atoms with E-state index in [-0.39, 0.29) is 12.8 Å². The van der Waals surface area contributed by atoms with Crippen LogP contribution in [0, 0.1) is 13.8 Å². The number of rotatable bonds is 5. The van der Waals surface area contributed by atoms with Crippen molar-refractivity contribution in [3.8, 4) is 0 Å². The van der Waals surface area contributed by atoms with Crippen molar-refractivity contribution in [3.63, 3.8) is 0 Å². The highest BCUT2D eigenvalue weighted by Crippen LogP contribution is 2.31. The summed E-state index contributed by atoms with van der Waals surface area (Å²) in [5.74, 6) is -0.929. The second-order valence-corrected chi connectivity index (χ2v) is 9.08. The molecule has 2 aliphatic heterocycles. The van der Waals surface area contributed by atoms with Crippen LogP contribution in [0.3, 0.4) is 0 Å². The molecule has 0 radical (unpaired) electrons. The van der Waals surface area contributed by atoms with Gasteiger partial charge in [0.05, 0.1) is 10.7 Å². The standard InChI is InChI=1S/C19H26F2N6S/c1-13-16(28-14(2)24-13)11-25(3)15-9-27(10-15)18-8-17(22-12-23-18)26-6-4-19(20,21)5-7-26/h8,12,15H,4-7,9-11H2,1-3H3. The number of anilines is 2. The van der Waals surface area contributed by atoms with Gasteiger partial charge >= 0.3 is 0 Å². The second-order valence-electron chi connectivity index (χ2n) is 7.79. The lowest BCUT2D eigenvalue weighted by atomic mass is 10.1. The molecule has 4 heterocycles. The van der Waals surface area contributed by atoms with E-state index in [2.05, 4.69) is 38.7 Å². The Morgan fingerprint density at radius 3 is 2.39 bits per heavy atom. The molecule has 6 nitrogen and oxygen atoms in total. The van der Waals surface area contributed by atoms with Crippen LogP contribution < -0.4 is 9.80 Å². The lowest BCUT2D eigenvalue weighted by molar-refractivity contribution is -0.0221. The highest BCUT2D eigenvalue weighted by atomic mass is 32.1. The van der Waals surface area contributed by atoms with E-state index in [0.29, 0.717) is 19.1 Å². The topological polar surface area (TPSA) is 48.4 Å². The van der Waals surface area contributed by atoms with E-state index in [1.54, 1.807) is 11.3 Å². The molecule has 0 unspecified atom stereocenters. The van der Waals surface area contributed by atoms with Gasteiger partial charge in [0.15, 0.2) is 0 Å². The quantitative estimate of drug-likeness (QED) is 0.758. The number of hydrogen-bond acceptors (Lipinski definition) is 7. The SMILES string of the molecule is Cc1nc(C)c(CN(C)C2CN(c3cc(N4CCC(F)(F)CC4)ncn3)C2)s1. The van der Waals surface area contributed by atoms with Crippen LogP contribution in [0.2, 0.25) is 0 Å². The summed E-state index contributed by atoms with van der Waals surface area (Å²) >= 11 is 1.76. The van der Waals surface area contributed by atoms with Crippen molar-refractivity contribution < 1.29 is 8.78 Å². The molecule has 0 atom stereocenters. The highest BCUT2D eigenvalue weighted by molar-refractivity contribution is 7.11. The Morgan fingerprint density at radius 1 is 1.14 bits per heavy atom. The highest BCUT2D eigenvalue weighted by Gasteiger charge is 2.35. The van der Waals surface area contributed by atoms with Crippen molar-refractivity contribution in [2.75, 3.05) is 43.0 Å². The van der Waals surface area contributed by atoms with Gasteiger partial charge in [0.1, 0.15) is 18.0 Å². The zero-order valence-electron chi connectivity index (χ0n) is 16.5. The minimum atomic E-state index is -2.55. The largest absolute Gasteiger partial charge is 0.356 e. The predicted molar refractivity (Wildman–Crippen MR) is 107 cm³/mol. The lowest BCUT2D eigenvalue weighted by Gasteiger charge is -2.44. The Hall–Kier alpha value is -1.87. The zero-order valence-corrected chi connectivity index (χ0v) is 17.3. The van der Waals surface area contributed by atoms with E-state index in [1.165, 1.54) is 11.2 Å². The van der Waals surface area contributed by atoms with Gasteiger partial charge < -0.3 is 9.80 Å². The molecule has 2 aromatic rings. The van der Waals surface area contributed by atoms with Gasteiger partial charge in [-0.1, -0.05) is 0 Å². The molecule has 152 valence electrons. The second kappa shape index (κ2) is 7.51. The molecular weight excluding hydrogens is 382 g/mol. The Labute approximate surface area is 168 Å². The fourth-order valence-electron chi connectivity index (χ4n) is 3.74. The molecule has 4 rings (SSSR count). The number of halogens is 2. The average Bonchev–Trinajstić information content (AvgIpc) is 2.91. The Kier molecular flexibility index (Phi) is 5.22. The van der Waals surface area contributed by atoms with Crippen molar-refractivity contribution in [3.05, 3.63) is 28.0 Å². The van der Waals surface area contributed by atoms with E-state index in [4.69, 9.17) is 0 Å². The van der Waals surface area contributed by atoms with E-state index in [0.717, 1.165) is 42.0 Å². The third kappa shape index (κ3) is 4.10. The Balaban J connectivity index is 1.34. The van der Waals surface area contributed by atoms with Crippen LogP contribution in [0.1, 0.15) is 28.4 Å². The average molecular weight is 409 g/mol. The third-order valence-electron chi connectivity index (χ3n) is 5.66. The monoisotopic (exact) mass is 408 g/mol. The van der Waals surface area contributed by atoms with Crippen LogP contribution in [-0.4, -0.2) is 65.0 Å². The van der Waals surface area contributed by atoms with E-state index < -0.39 is 5.92 Å². The summed E-state index contributed by atoms with van der Waals surface area (Å²) in [6, 6.07) is 2.39. The van der Waals surface area contributed by atoms with Crippen molar-refractivity contribution >= 4 is 23.0 Å². The molecular formula is C19H26F2N6S. The van der Waals surface area contributed by atoms with E-state index in [9.17, 15) is 8.78 Å². The van der Waals surface area contributed by atoms with Crippen LogP contribution in [0.15, 0.2) is 12.4 Å². The minimum absolute atomic E-state index is 0.112. The maximum absolute atomic E-state index is 13.4. The van der Waals surface area contributed by atoms with Gasteiger partial charge in [-0.2, -0.15) is 0 Å². The maximum Gasteiger partial charge on any atom is 0.251 e. The maximum atomic E-state index is 13.4. The molecule has 0 aliphatic carbocycles. The van der Waals surface area contributed by atoms with Gasteiger partial charge in [-0.05, 0) is 20.9 Å². The molecule has 2 saturated heterocycles. The van der Waals surface area contributed by atoms with Crippen LogP contribution in [0.4, 0.5) is 20.4 Å². The predicted octanol–water partition coefficient (Wildman–Crippen LogP) is 3.11. The Bertz CT molecular complexity index is 826. The van der Waals surface area contributed by atoms with Gasteiger partial charge in [0.25, 0.3) is 5.92 Å². The molecule has 28 heavy (non-hydrogen) atoms. The molecule has 9 heteroatoms. The van der Waals surface area contributed by atoms with Crippen molar-refractivity contribution in [2.45, 2.75) is 45.2 Å². The number of aryl methyl sites for hydroxylation is 2. The summed E-state index contributed by atoms with van der Waals surface area (Å²) in [5.41, 5.74) is 1.12. The summed E-state index contributed by atoms with van der Waals surface area (Å²) in [6.45, 7) is 7.50. The Morgan fingerprint density at radius 2 is 1.79 bits per heavy atom. The number of piperidine rings is 1.